The van der Waals surface area contributed by atoms with E-state index in [1.807, 2.05) is 0 Å². The molecule has 0 aromatic heterocycles. The van der Waals surface area contributed by atoms with E-state index in [1.54, 1.807) is 25.1 Å². The molecule has 0 radical (unpaired) electrons. The average molecular weight is 490 g/mol. The van der Waals surface area contributed by atoms with Crippen LogP contribution in [0.25, 0.3) is 0 Å². The van der Waals surface area contributed by atoms with Crippen LogP contribution < -0.4 is 0 Å². The number of methoxy groups -OCH3 is 1. The van der Waals surface area contributed by atoms with Crippen molar-refractivity contribution in [2.24, 2.45) is 10.1 Å². The number of benzene rings is 2. The number of aromatic carboxylic acids is 1. The molecular formula is C25H22F4N2O4. The number of nitrogens with zero attached hydrogens (tertiary/aromatic N) is 2. The highest BCUT2D eigenvalue weighted by Gasteiger charge is 2.36. The Balaban J connectivity index is 1.94. The van der Waals surface area contributed by atoms with Crippen molar-refractivity contribution in [3.8, 4) is 0 Å². The van der Waals surface area contributed by atoms with Crippen molar-refractivity contribution >= 4 is 17.5 Å². The van der Waals surface area contributed by atoms with E-state index in [1.165, 1.54) is 25.3 Å². The zero-order valence-corrected chi connectivity index (χ0v) is 18.8. The lowest BCUT2D eigenvalue weighted by molar-refractivity contribution is -0.138. The fraction of sp³-hybridized carbons (Fsp3) is 0.240. The van der Waals surface area contributed by atoms with Crippen molar-refractivity contribution in [3.63, 3.8) is 0 Å². The second kappa shape index (κ2) is 10.6. The Morgan fingerprint density at radius 3 is 2.51 bits per heavy atom. The van der Waals surface area contributed by atoms with Gasteiger partial charge in [0.2, 0.25) is 0 Å². The minimum Gasteiger partial charge on any atom is -0.478 e. The second-order valence-electron chi connectivity index (χ2n) is 7.81. The third-order valence-corrected chi connectivity index (χ3v) is 5.56. The first-order valence-corrected chi connectivity index (χ1v) is 10.4. The van der Waals surface area contributed by atoms with Crippen LogP contribution in [-0.2, 0) is 10.9 Å². The number of allylic oxidation sites excluding steroid dienone is 3. The van der Waals surface area contributed by atoms with Crippen LogP contribution in [0.3, 0.4) is 0 Å². The highest BCUT2D eigenvalue weighted by Crippen LogP contribution is 2.41. The number of carboxylic acids is 1. The van der Waals surface area contributed by atoms with Crippen LogP contribution in [0.1, 0.15) is 46.3 Å². The zero-order chi connectivity index (χ0) is 25.8. The largest absolute Gasteiger partial charge is 0.478 e. The molecule has 0 heterocycles. The quantitative estimate of drug-likeness (QED) is 0.175. The Kier molecular flexibility index (Phi) is 7.85. The molecule has 184 valence electrons. The van der Waals surface area contributed by atoms with Gasteiger partial charge in [-0.25, -0.2) is 14.2 Å². The van der Waals surface area contributed by atoms with Crippen LogP contribution in [0.15, 0.2) is 75.9 Å². The molecule has 0 saturated carbocycles. The second-order valence-corrected chi connectivity index (χ2v) is 7.81. The van der Waals surface area contributed by atoms with Crippen molar-refractivity contribution in [1.29, 1.82) is 0 Å². The number of hydrogen-bond acceptors (Lipinski definition) is 4. The first kappa shape index (κ1) is 25.8. The summed E-state index contributed by atoms with van der Waals surface area (Å²) in [5.74, 6) is -3.28. The molecule has 0 spiro atoms. The molecule has 0 fully saturated rings. The van der Waals surface area contributed by atoms with Crippen molar-refractivity contribution < 1.29 is 37.4 Å². The number of aliphatic imine (C=N–C) groups is 1. The summed E-state index contributed by atoms with van der Waals surface area (Å²) in [4.78, 5) is 15.2. The van der Waals surface area contributed by atoms with Crippen molar-refractivity contribution in [3.05, 3.63) is 93.8 Å². The standard InChI is InChI=1S/C25H22F4N2O4/c1-14(30-23(31-34)16-8-10-20(24(32)33)22(26)12-16)15-7-9-18(17(11-15)13-35-2)19-5-3-4-6-21(19)25(27,28)29/h3-8,10-12,18,34H,9,13H2,1-2H3,(H,32,33)/b30-14?,31-23-. The minimum atomic E-state index is -4.51. The molecule has 0 bridgehead atoms. The zero-order valence-electron chi connectivity index (χ0n) is 18.8. The minimum absolute atomic E-state index is 0.0452. The molecule has 2 N–H and O–H groups in total. The van der Waals surface area contributed by atoms with Gasteiger partial charge in [0.15, 0.2) is 5.84 Å². The molecule has 0 aliphatic heterocycles. The van der Waals surface area contributed by atoms with Crippen LogP contribution in [0.2, 0.25) is 0 Å². The van der Waals surface area contributed by atoms with Gasteiger partial charge in [-0.1, -0.05) is 35.5 Å². The smallest absolute Gasteiger partial charge is 0.416 e. The van der Waals surface area contributed by atoms with Gasteiger partial charge in [0.25, 0.3) is 0 Å². The molecule has 10 heteroatoms. The van der Waals surface area contributed by atoms with Gasteiger partial charge in [0, 0.05) is 24.3 Å². The van der Waals surface area contributed by atoms with E-state index in [-0.39, 0.29) is 30.0 Å². The van der Waals surface area contributed by atoms with E-state index < -0.39 is 35.0 Å². The molecular weight excluding hydrogens is 468 g/mol. The molecule has 0 saturated heterocycles. The normalized spacial score (nSPS) is 17.1. The summed E-state index contributed by atoms with van der Waals surface area (Å²) in [6, 6.07) is 8.56. The van der Waals surface area contributed by atoms with Crippen LogP contribution in [0.4, 0.5) is 17.6 Å². The Bertz CT molecular complexity index is 1250. The lowest BCUT2D eigenvalue weighted by atomic mass is 9.80. The SMILES string of the molecule is COCC1=CC(C(C)=N/C(=N\O)c2ccc(C(=O)O)c(F)c2)=CCC1c1ccccc1C(F)(F)F. The fourth-order valence-corrected chi connectivity index (χ4v) is 3.90. The summed E-state index contributed by atoms with van der Waals surface area (Å²) in [7, 11) is 1.44. The van der Waals surface area contributed by atoms with Gasteiger partial charge in [-0.2, -0.15) is 13.2 Å². The molecule has 35 heavy (non-hydrogen) atoms. The summed E-state index contributed by atoms with van der Waals surface area (Å²) < 4.78 is 60.0. The monoisotopic (exact) mass is 490 g/mol. The summed E-state index contributed by atoms with van der Waals surface area (Å²) >= 11 is 0. The first-order valence-electron chi connectivity index (χ1n) is 10.4. The summed E-state index contributed by atoms with van der Waals surface area (Å²) in [6.45, 7) is 1.69. The number of carbonyl (C=O) groups is 1. The number of halogens is 4. The number of amidine groups is 1. The molecule has 2 aromatic rings. The average Bonchev–Trinajstić information content (AvgIpc) is 2.81. The Morgan fingerprint density at radius 1 is 1.20 bits per heavy atom. The molecule has 2 aromatic carbocycles. The molecule has 1 aliphatic carbocycles. The summed E-state index contributed by atoms with van der Waals surface area (Å²) in [5, 5.41) is 21.5. The molecule has 3 rings (SSSR count). The maximum atomic E-state index is 14.1. The predicted molar refractivity (Wildman–Crippen MR) is 122 cm³/mol. The number of carboxylic acid groups (broad SMARTS) is 1. The van der Waals surface area contributed by atoms with Crippen LogP contribution in [0.5, 0.6) is 0 Å². The molecule has 1 unspecified atom stereocenters. The van der Waals surface area contributed by atoms with E-state index in [4.69, 9.17) is 9.84 Å². The van der Waals surface area contributed by atoms with Crippen LogP contribution in [0, 0.1) is 5.82 Å². The van der Waals surface area contributed by atoms with Gasteiger partial charge in [0.1, 0.15) is 5.82 Å². The van der Waals surface area contributed by atoms with E-state index in [0.29, 0.717) is 16.9 Å². The molecule has 1 atom stereocenters. The fourth-order valence-electron chi connectivity index (χ4n) is 3.90. The third-order valence-electron chi connectivity index (χ3n) is 5.56. The molecule has 6 nitrogen and oxygen atoms in total. The third kappa shape index (κ3) is 5.83. The van der Waals surface area contributed by atoms with Crippen LogP contribution >= 0.6 is 0 Å². The highest BCUT2D eigenvalue weighted by molar-refractivity contribution is 6.12. The summed E-state index contributed by atoms with van der Waals surface area (Å²) in [6.07, 6.45) is -0.863. The molecule has 0 amide bonds. The topological polar surface area (TPSA) is 91.5 Å². The predicted octanol–water partition coefficient (Wildman–Crippen LogP) is 5.83. The highest BCUT2D eigenvalue weighted by atomic mass is 19.4. The Morgan fingerprint density at radius 2 is 1.91 bits per heavy atom. The van der Waals surface area contributed by atoms with Gasteiger partial charge in [-0.3, -0.25) is 0 Å². The van der Waals surface area contributed by atoms with Gasteiger partial charge in [-0.05, 0) is 54.3 Å². The number of hydrogen-bond donors (Lipinski definition) is 2. The number of alkyl halides is 3. The number of ether oxygens (including phenoxy) is 1. The number of rotatable bonds is 6. The van der Waals surface area contributed by atoms with Gasteiger partial charge in [-0.15, -0.1) is 0 Å². The number of oxime groups is 1. The van der Waals surface area contributed by atoms with Gasteiger partial charge in [0.05, 0.1) is 17.7 Å². The van der Waals surface area contributed by atoms with Gasteiger partial charge >= 0.3 is 12.1 Å². The maximum Gasteiger partial charge on any atom is 0.416 e. The van der Waals surface area contributed by atoms with Crippen molar-refractivity contribution in [1.82, 2.24) is 0 Å². The maximum absolute atomic E-state index is 14.1. The lowest BCUT2D eigenvalue weighted by Gasteiger charge is -2.26. The van der Waals surface area contributed by atoms with Crippen LogP contribution in [-0.4, -0.2) is 41.5 Å². The lowest BCUT2D eigenvalue weighted by Crippen LogP contribution is -2.18. The molecule has 1 aliphatic rings. The Labute approximate surface area is 198 Å². The van der Waals surface area contributed by atoms with Crippen molar-refractivity contribution in [2.75, 3.05) is 13.7 Å². The van der Waals surface area contributed by atoms with E-state index in [0.717, 1.165) is 18.2 Å². The Hall–Kier alpha value is -3.79. The first-order chi connectivity index (χ1) is 16.6. The van der Waals surface area contributed by atoms with E-state index in [2.05, 4.69) is 10.1 Å². The summed E-state index contributed by atoms with van der Waals surface area (Å²) in [5.41, 5.74) is 0.465. The van der Waals surface area contributed by atoms with Gasteiger partial charge < -0.3 is 15.1 Å². The van der Waals surface area contributed by atoms with E-state index in [9.17, 15) is 27.6 Å². The van der Waals surface area contributed by atoms with E-state index >= 15 is 0 Å². The van der Waals surface area contributed by atoms with Crippen molar-refractivity contribution in [2.45, 2.75) is 25.4 Å².